The number of hydrogen-bond donors (Lipinski definition) is 0. The maximum absolute atomic E-state index is 9.49. The Morgan fingerprint density at radius 3 is 0.760 bits per heavy atom. The minimum Gasteiger partial charge on any atom is -0.550 e. The molecule has 0 unspecified atom stereocenters. The van der Waals surface area contributed by atoms with Crippen molar-refractivity contribution in [2.75, 3.05) is 0 Å². The van der Waals surface area contributed by atoms with Crippen LogP contribution in [0.4, 0.5) is 0 Å². The molecule has 1 aliphatic rings. The summed E-state index contributed by atoms with van der Waals surface area (Å²) in [5, 5.41) is 28.5. The second-order valence-corrected chi connectivity index (χ2v) is 5.49. The Hall–Kier alpha value is -0.967. The minimum absolute atomic E-state index is 0. The predicted octanol–water partition coefficient (Wildman–Crippen LogP) is 0.947. The molecule has 0 aromatic carbocycles. The quantitative estimate of drug-likeness (QED) is 0.558. The fraction of sp³-hybridized carbons (Fsp3) is 0.833. The van der Waals surface area contributed by atoms with Crippen LogP contribution in [-0.4, -0.2) is 17.9 Å². The SMILES string of the molecule is C1CCCCC1.CCCC(=O)[O-].CCCC(=O)[O-].CCCC(=O)[O-].[Rh+3]. The Kier molecular flexibility index (Phi) is 35.4. The van der Waals surface area contributed by atoms with Crippen molar-refractivity contribution in [1.82, 2.24) is 0 Å². The van der Waals surface area contributed by atoms with Gasteiger partial charge in [-0.2, -0.15) is 0 Å². The largest absolute Gasteiger partial charge is 3.00 e. The summed E-state index contributed by atoms with van der Waals surface area (Å²) in [7, 11) is 0. The first-order valence-electron chi connectivity index (χ1n) is 8.91. The molecule has 0 spiro atoms. The Morgan fingerprint density at radius 1 is 0.560 bits per heavy atom. The first-order valence-corrected chi connectivity index (χ1v) is 8.91. The fourth-order valence-corrected chi connectivity index (χ4v) is 1.67. The summed E-state index contributed by atoms with van der Waals surface area (Å²) in [6.45, 7) is 5.40. The molecule has 0 heterocycles. The second-order valence-electron chi connectivity index (χ2n) is 5.49. The van der Waals surface area contributed by atoms with Crippen LogP contribution in [0.15, 0.2) is 0 Å². The van der Waals surface area contributed by atoms with Gasteiger partial charge in [-0.15, -0.1) is 0 Å². The smallest absolute Gasteiger partial charge is 0.550 e. The van der Waals surface area contributed by atoms with Gasteiger partial charge in [-0.1, -0.05) is 78.6 Å². The number of carbonyl (C=O) groups excluding carboxylic acids is 3. The predicted molar refractivity (Wildman–Crippen MR) is 87.4 cm³/mol. The first-order chi connectivity index (χ1) is 11.3. The molecular weight excluding hydrogens is 415 g/mol. The normalized spacial score (nSPS) is 11.6. The van der Waals surface area contributed by atoms with Crippen molar-refractivity contribution < 1.29 is 49.2 Å². The molecule has 1 rings (SSSR count). The van der Waals surface area contributed by atoms with E-state index in [1.165, 1.54) is 38.5 Å². The van der Waals surface area contributed by atoms with Crippen LogP contribution in [-0.2, 0) is 33.9 Å². The zero-order chi connectivity index (χ0) is 19.2. The summed E-state index contributed by atoms with van der Waals surface area (Å²) >= 11 is 0. The summed E-state index contributed by atoms with van der Waals surface area (Å²) < 4.78 is 0. The second kappa shape index (κ2) is 27.9. The van der Waals surface area contributed by atoms with Crippen molar-refractivity contribution in [2.45, 2.75) is 97.8 Å². The van der Waals surface area contributed by atoms with Gasteiger partial charge in [0.05, 0.1) is 0 Å². The number of carboxylic acid groups (broad SMARTS) is 3. The molecule has 150 valence electrons. The van der Waals surface area contributed by atoms with E-state index in [1.807, 2.05) is 0 Å². The van der Waals surface area contributed by atoms with Gasteiger partial charge in [0.25, 0.3) is 0 Å². The number of carbonyl (C=O) groups is 3. The molecule has 7 heteroatoms. The van der Waals surface area contributed by atoms with Crippen LogP contribution in [0.25, 0.3) is 0 Å². The van der Waals surface area contributed by atoms with Crippen molar-refractivity contribution in [1.29, 1.82) is 0 Å². The van der Waals surface area contributed by atoms with Gasteiger partial charge in [-0.05, 0) is 19.3 Å². The third-order valence-corrected chi connectivity index (χ3v) is 2.86. The van der Waals surface area contributed by atoms with Crippen molar-refractivity contribution in [3.8, 4) is 0 Å². The van der Waals surface area contributed by atoms with Crippen LogP contribution in [0.2, 0.25) is 0 Å². The minimum atomic E-state index is -0.961. The van der Waals surface area contributed by atoms with Gasteiger partial charge in [-0.25, -0.2) is 0 Å². The molecule has 6 nitrogen and oxygen atoms in total. The van der Waals surface area contributed by atoms with Gasteiger partial charge in [0, 0.05) is 17.9 Å². The molecule has 0 aromatic heterocycles. The molecule has 1 aliphatic carbocycles. The third-order valence-electron chi connectivity index (χ3n) is 2.86. The van der Waals surface area contributed by atoms with Crippen LogP contribution < -0.4 is 15.3 Å². The molecule has 0 atom stereocenters. The van der Waals surface area contributed by atoms with E-state index in [4.69, 9.17) is 0 Å². The molecule has 0 amide bonds. The fourth-order valence-electron chi connectivity index (χ4n) is 1.67. The van der Waals surface area contributed by atoms with E-state index >= 15 is 0 Å². The van der Waals surface area contributed by atoms with Crippen molar-refractivity contribution in [2.24, 2.45) is 0 Å². The van der Waals surface area contributed by atoms with Crippen molar-refractivity contribution in [3.05, 3.63) is 0 Å². The van der Waals surface area contributed by atoms with Crippen molar-refractivity contribution >= 4 is 17.9 Å². The van der Waals surface area contributed by atoms with Crippen LogP contribution in [0, 0.1) is 0 Å². The van der Waals surface area contributed by atoms with Crippen LogP contribution in [0.5, 0.6) is 0 Å². The van der Waals surface area contributed by atoms with E-state index in [2.05, 4.69) is 0 Å². The van der Waals surface area contributed by atoms with E-state index < -0.39 is 17.9 Å². The standard InChI is InChI=1S/C6H12.3C4H8O2.Rh/c1-2-4-6-5-3-1;3*1-2-3-4(5)6;/h1-6H2;3*2-3H2,1H3,(H,5,6);/q;;;;+3/p-3. The topological polar surface area (TPSA) is 120 Å². The van der Waals surface area contributed by atoms with Crippen LogP contribution in [0.3, 0.4) is 0 Å². The molecule has 0 N–H and O–H groups in total. The average molecular weight is 448 g/mol. The summed E-state index contributed by atoms with van der Waals surface area (Å²) in [6, 6.07) is 0. The summed E-state index contributed by atoms with van der Waals surface area (Å²) in [5.41, 5.74) is 0. The van der Waals surface area contributed by atoms with E-state index in [9.17, 15) is 29.7 Å². The number of aliphatic carboxylic acids is 3. The Balaban J connectivity index is -0.000000116. The molecule has 0 aromatic rings. The summed E-state index contributed by atoms with van der Waals surface area (Å²) in [5.74, 6) is -2.88. The number of rotatable bonds is 6. The van der Waals surface area contributed by atoms with Gasteiger partial charge < -0.3 is 29.7 Å². The zero-order valence-corrected chi connectivity index (χ0v) is 17.4. The summed E-state index contributed by atoms with van der Waals surface area (Å²) in [4.78, 5) is 28.5. The molecule has 0 bridgehead atoms. The van der Waals surface area contributed by atoms with Crippen molar-refractivity contribution in [3.63, 3.8) is 0 Å². The van der Waals surface area contributed by atoms with E-state index in [-0.39, 0.29) is 38.7 Å². The van der Waals surface area contributed by atoms with Gasteiger partial charge in [-0.3, -0.25) is 0 Å². The average Bonchev–Trinajstić information content (AvgIpc) is 2.50. The maximum Gasteiger partial charge on any atom is 3.00 e. The van der Waals surface area contributed by atoms with Gasteiger partial charge in [0.2, 0.25) is 0 Å². The van der Waals surface area contributed by atoms with Gasteiger partial charge in [0.15, 0.2) is 0 Å². The molecule has 1 saturated carbocycles. The first kappa shape index (κ1) is 31.8. The number of hydrogen-bond acceptors (Lipinski definition) is 6. The molecule has 0 aliphatic heterocycles. The monoisotopic (exact) mass is 448 g/mol. The molecule has 25 heavy (non-hydrogen) atoms. The molecular formula is C18H33O6Rh. The van der Waals surface area contributed by atoms with Gasteiger partial charge >= 0.3 is 19.5 Å². The zero-order valence-electron chi connectivity index (χ0n) is 15.8. The van der Waals surface area contributed by atoms with E-state index in [0.717, 1.165) is 0 Å². The van der Waals surface area contributed by atoms with E-state index in [0.29, 0.717) is 19.3 Å². The molecule has 1 fully saturated rings. The Morgan fingerprint density at radius 2 is 0.720 bits per heavy atom. The Bertz CT molecular complexity index is 254. The third kappa shape index (κ3) is 51.7. The molecule has 0 saturated heterocycles. The molecule has 0 radical (unpaired) electrons. The van der Waals surface area contributed by atoms with Gasteiger partial charge in [0.1, 0.15) is 0 Å². The number of carboxylic acids is 3. The maximum atomic E-state index is 9.49. The Labute approximate surface area is 165 Å². The van der Waals surface area contributed by atoms with E-state index in [1.54, 1.807) is 20.8 Å². The van der Waals surface area contributed by atoms with Crippen LogP contribution in [0.1, 0.15) is 97.8 Å². The van der Waals surface area contributed by atoms with Crippen LogP contribution >= 0.6 is 0 Å². The summed E-state index contributed by atoms with van der Waals surface area (Å²) in [6.07, 6.45) is 11.5.